The number of hydrogen-bond acceptors (Lipinski definition) is 15. The van der Waals surface area contributed by atoms with Gasteiger partial charge in [-0.1, -0.05) is 145 Å². The van der Waals surface area contributed by atoms with Crippen LogP contribution in [0, 0.1) is 0 Å². The van der Waals surface area contributed by atoms with Crippen LogP contribution in [0.5, 0.6) is 0 Å². The van der Waals surface area contributed by atoms with E-state index in [4.69, 9.17) is 14.6 Å². The van der Waals surface area contributed by atoms with Crippen LogP contribution >= 0.6 is 0 Å². The molecular formula is C67H102BN3NaO13. The Hall–Kier alpha value is -4.29. The van der Waals surface area contributed by atoms with Gasteiger partial charge in [-0.05, 0) is 106 Å². The molecule has 467 valence electrons. The number of anilines is 1. The molecule has 2 saturated carbocycles. The van der Waals surface area contributed by atoms with Gasteiger partial charge in [-0.15, -0.1) is 0 Å². The van der Waals surface area contributed by atoms with E-state index in [-0.39, 0.29) is 47.4 Å². The zero-order chi connectivity index (χ0) is 60.8. The van der Waals surface area contributed by atoms with Gasteiger partial charge in [0.05, 0.1) is 27.1 Å². The second-order valence-corrected chi connectivity index (χ2v) is 24.5. The summed E-state index contributed by atoms with van der Waals surface area (Å²) < 4.78 is 13.3. The van der Waals surface area contributed by atoms with Crippen molar-refractivity contribution in [3.05, 3.63) is 65.2 Å². The fraction of sp³-hybridized carbons (Fsp3) is 0.716. The molecule has 85 heavy (non-hydrogen) atoms. The van der Waals surface area contributed by atoms with Crippen LogP contribution in [0.2, 0.25) is 0 Å². The second-order valence-electron chi connectivity index (χ2n) is 24.5. The summed E-state index contributed by atoms with van der Waals surface area (Å²) in [5.41, 5.74) is 5.45. The van der Waals surface area contributed by atoms with E-state index in [0.717, 1.165) is 77.2 Å². The molecular weight excluding hydrogens is 1090 g/mol. The average molecular weight is 1190 g/mol. The van der Waals surface area contributed by atoms with Crippen LogP contribution in [-0.4, -0.2) is 128 Å². The van der Waals surface area contributed by atoms with E-state index >= 15 is 0 Å². The Balaban J connectivity index is 0.000000253. The summed E-state index contributed by atoms with van der Waals surface area (Å²) in [4.78, 5) is 89.5. The summed E-state index contributed by atoms with van der Waals surface area (Å²) in [6.07, 6.45) is 41.3. The van der Waals surface area contributed by atoms with Gasteiger partial charge in [-0.25, -0.2) is 19.4 Å². The number of para-hydroxylation sites is 1. The van der Waals surface area contributed by atoms with Gasteiger partial charge in [0.15, 0.2) is 0 Å². The van der Waals surface area contributed by atoms with Gasteiger partial charge in [0.2, 0.25) is 5.97 Å². The predicted molar refractivity (Wildman–Crippen MR) is 326 cm³/mol. The monoisotopic (exact) mass is 1190 g/mol. The molecule has 6 fully saturated rings. The third-order valence-corrected chi connectivity index (χ3v) is 18.4. The van der Waals surface area contributed by atoms with Gasteiger partial charge in [-0.2, -0.15) is 0 Å². The summed E-state index contributed by atoms with van der Waals surface area (Å²) in [6.45, 7) is 5.58. The standard InChI is InChI=1S/C29H44N2O2.C18H31NO.C12H14O2.C4H6O4.C2H3BO2.C2H4O2.Na/c1-33-29(32)18-22-21-30(28-17-10-9-16-27(22)28)26-19-24-14-11-15-25(20-26)31(24)23-12-7-5-3-2-4-6-8-13-23;20-18-13-16-11-8-12-17(14-18)19(16)15-9-6-4-2-1-3-5-7-10-15;1-14-12(13)8-10-7-6-9-4-2-3-5-11(9)10;1-3(5)7-8-4(2)6;1-2(4)5-3;1-2(3)4;/h9-10,16-17,22-26H,2-8,11-15,18-21H2,1H3;15-17H,1-14H2;2-5,10H,6-8H2,1H3;1-2H3;1H3;1H3,(H,3,4);/q;;;;-1;;+1/t22?,24-,25+,26?;16-,17+;;;;;. The first-order chi connectivity index (χ1) is 40.5. The molecule has 5 aliphatic heterocycles. The van der Waals surface area contributed by atoms with Crippen molar-refractivity contribution in [2.75, 3.05) is 25.7 Å². The van der Waals surface area contributed by atoms with E-state index in [2.05, 4.69) is 84.4 Å². The Kier molecular flexibility index (Phi) is 34.7. The largest absolute Gasteiger partial charge is 1.00 e. The first-order valence-corrected chi connectivity index (χ1v) is 32.1. The van der Waals surface area contributed by atoms with Crippen LogP contribution in [0.3, 0.4) is 0 Å². The molecule has 2 aromatic rings. The number of rotatable bonds is 7. The van der Waals surface area contributed by atoms with Crippen LogP contribution < -0.4 is 34.5 Å². The van der Waals surface area contributed by atoms with Gasteiger partial charge < -0.3 is 32.2 Å². The van der Waals surface area contributed by atoms with E-state index in [0.29, 0.717) is 42.7 Å². The summed E-state index contributed by atoms with van der Waals surface area (Å²) in [5, 5.41) is 7.42. The molecule has 0 amide bonds. The molecule has 5 heterocycles. The van der Waals surface area contributed by atoms with Crippen molar-refractivity contribution in [3.8, 4) is 0 Å². The summed E-state index contributed by atoms with van der Waals surface area (Å²) >= 11 is 0. The van der Waals surface area contributed by atoms with Crippen LogP contribution in [0.25, 0.3) is 0 Å². The number of aliphatic carboxylic acids is 1. The van der Waals surface area contributed by atoms with Crippen LogP contribution in [0.4, 0.5) is 5.69 Å². The van der Waals surface area contributed by atoms with Crippen molar-refractivity contribution in [1.29, 1.82) is 0 Å². The number of hydrogen-bond donors (Lipinski definition) is 1. The van der Waals surface area contributed by atoms with Gasteiger partial charge in [-0.3, -0.25) is 33.8 Å². The van der Waals surface area contributed by atoms with Crippen molar-refractivity contribution in [2.45, 2.75) is 287 Å². The predicted octanol–water partition coefficient (Wildman–Crippen LogP) is 9.93. The molecule has 3 unspecified atom stereocenters. The van der Waals surface area contributed by atoms with Crippen molar-refractivity contribution in [1.82, 2.24) is 9.80 Å². The molecule has 4 saturated heterocycles. The molecule has 16 nitrogen and oxygen atoms in total. The summed E-state index contributed by atoms with van der Waals surface area (Å²) in [6, 6.07) is 22.1. The fourth-order valence-electron chi connectivity index (χ4n) is 14.8. The second kappa shape index (κ2) is 40.3. The van der Waals surface area contributed by atoms with E-state index in [1.165, 1.54) is 210 Å². The van der Waals surface area contributed by atoms with E-state index in [1.54, 1.807) is 0 Å². The molecule has 0 aromatic heterocycles. The minimum atomic E-state index is -0.833. The summed E-state index contributed by atoms with van der Waals surface area (Å²) in [7, 11) is 7.28. The van der Waals surface area contributed by atoms with Gasteiger partial charge in [0, 0.05) is 101 Å². The third-order valence-electron chi connectivity index (χ3n) is 18.4. The molecule has 4 bridgehead atoms. The fourth-order valence-corrected chi connectivity index (χ4v) is 14.8. The number of piperidine rings is 4. The topological polar surface area (TPSA) is 196 Å². The maximum absolute atomic E-state index is 12.1. The molecule has 10 rings (SSSR count). The van der Waals surface area contributed by atoms with Crippen molar-refractivity contribution in [3.63, 3.8) is 0 Å². The van der Waals surface area contributed by atoms with Gasteiger partial charge >= 0.3 is 53.4 Å². The minimum Gasteiger partial charge on any atom is -0.793 e. The Morgan fingerprint density at radius 3 is 1.31 bits per heavy atom. The number of ketones is 1. The molecule has 1 N–H and O–H groups in total. The van der Waals surface area contributed by atoms with Crippen LogP contribution in [-0.2, 0) is 63.9 Å². The van der Waals surface area contributed by atoms with Crippen molar-refractivity contribution >= 4 is 55.3 Å². The van der Waals surface area contributed by atoms with Gasteiger partial charge in [0.25, 0.3) is 5.97 Å². The molecule has 18 heteroatoms. The van der Waals surface area contributed by atoms with E-state index in [9.17, 15) is 28.8 Å². The summed E-state index contributed by atoms with van der Waals surface area (Å²) in [5.74, 6) is -1.59. The number of aryl methyl sites for hydroxylation is 1. The molecule has 8 aliphatic rings. The van der Waals surface area contributed by atoms with E-state index in [1.807, 2.05) is 6.07 Å². The van der Waals surface area contributed by atoms with Crippen LogP contribution in [0.15, 0.2) is 48.5 Å². The molecule has 2 aromatic carbocycles. The molecule has 3 aliphatic carbocycles. The quantitative estimate of drug-likeness (QED) is 0.119. The minimum absolute atomic E-state index is 0. The maximum Gasteiger partial charge on any atom is 1.00 e. The molecule has 0 spiro atoms. The van der Waals surface area contributed by atoms with Gasteiger partial charge in [0.1, 0.15) is 5.78 Å². The average Bonchev–Trinajstić information content (AvgIpc) is 2.30. The number of ether oxygens (including phenoxy) is 2. The number of esters is 2. The molecule has 7 atom stereocenters. The zero-order valence-corrected chi connectivity index (χ0v) is 54.9. The maximum atomic E-state index is 12.1. The van der Waals surface area contributed by atoms with E-state index < -0.39 is 23.9 Å². The number of fused-ring (bicyclic) bond motifs is 6. The number of carbonyl (C=O) groups excluding carboxylic acids is 6. The Bertz CT molecular complexity index is 2290. The van der Waals surface area contributed by atoms with Crippen molar-refractivity contribution in [2.24, 2.45) is 0 Å². The number of carboxylic acid groups (broad SMARTS) is 1. The first-order valence-electron chi connectivity index (χ1n) is 32.1. The third kappa shape index (κ3) is 25.4. The number of Topliss-reactive ketones (excluding diaryl/α,β-unsaturated/α-hetero) is 1. The SMILES string of the molecule is CC(=O)O.CC(=O)OOC(C)=O.COC(=O)CC1CCc2ccccc21.COC(=O)CC1CN(C2C[C@H]3CCC[C@@H](C2)N3C2CCCCCCCCC2)c2ccccc21.O=C1C[C@H]2CCC[C@@H](C1)N2C1CCCCCCCCC1.[B-]OC(C)=O.[Na+]. The number of methoxy groups -OCH3 is 2. The Morgan fingerprint density at radius 1 is 0.494 bits per heavy atom. The zero-order valence-electron chi connectivity index (χ0n) is 52.9. The Morgan fingerprint density at radius 2 is 0.871 bits per heavy atom. The first kappa shape index (κ1) is 73.2. The van der Waals surface area contributed by atoms with Crippen molar-refractivity contribution < 1.29 is 92.1 Å². The number of benzene rings is 2. The van der Waals surface area contributed by atoms with Crippen LogP contribution in [0.1, 0.15) is 255 Å². The normalized spacial score (nSPS) is 25.1. The molecule has 3 radical (unpaired) electrons. The number of nitrogens with zero attached hydrogens (tertiary/aromatic N) is 3. The number of carbonyl (C=O) groups is 7. The number of carboxylic acids is 1. The smallest absolute Gasteiger partial charge is 0.793 e. The Labute approximate surface area is 532 Å².